The number of ether oxygens (including phenoxy) is 1. The maximum absolute atomic E-state index is 12.5. The lowest BCUT2D eigenvalue weighted by atomic mass is 9.94. The molecule has 2 aromatic carbocycles. The van der Waals surface area contributed by atoms with E-state index in [-0.39, 0.29) is 12.0 Å². The lowest BCUT2D eigenvalue weighted by Crippen LogP contribution is -3.16. The third-order valence-corrected chi connectivity index (χ3v) is 5.78. The standard InChI is InChI=1S/C20H21N3O2S/c1-25-19(24)18-11-14-7-3-4-8-15(14)12-22(18)13-23-17-10-6-5-9-16(17)21-20(23)26-2/h3-10,18H,11-13H2,1-2H3/p+1/t18-/m1/s1. The van der Waals surface area contributed by atoms with Crippen LogP contribution in [0.3, 0.4) is 0 Å². The summed E-state index contributed by atoms with van der Waals surface area (Å²) in [5, 5.41) is 0.973. The van der Waals surface area contributed by atoms with Gasteiger partial charge in [0.1, 0.15) is 6.54 Å². The minimum atomic E-state index is -0.203. The minimum absolute atomic E-state index is 0.148. The van der Waals surface area contributed by atoms with Gasteiger partial charge >= 0.3 is 5.97 Å². The molecule has 134 valence electrons. The van der Waals surface area contributed by atoms with Crippen LogP contribution >= 0.6 is 11.8 Å². The number of methoxy groups -OCH3 is 1. The van der Waals surface area contributed by atoms with E-state index in [0.29, 0.717) is 13.1 Å². The molecule has 2 heterocycles. The van der Waals surface area contributed by atoms with Gasteiger partial charge in [-0.05, 0) is 24.0 Å². The molecule has 6 heteroatoms. The molecule has 0 saturated heterocycles. The number of esters is 1. The van der Waals surface area contributed by atoms with Gasteiger partial charge in [-0.1, -0.05) is 48.2 Å². The number of nitrogens with one attached hydrogen (secondary N) is 1. The molecule has 1 N–H and O–H groups in total. The molecule has 1 unspecified atom stereocenters. The molecule has 0 bridgehead atoms. The molecule has 4 rings (SSSR count). The number of rotatable bonds is 4. The highest BCUT2D eigenvalue weighted by atomic mass is 32.2. The number of fused-ring (bicyclic) bond motifs is 2. The first kappa shape index (κ1) is 17.1. The van der Waals surface area contributed by atoms with Gasteiger partial charge in [0.2, 0.25) is 0 Å². The van der Waals surface area contributed by atoms with Gasteiger partial charge in [0.05, 0.1) is 18.1 Å². The molecular weight excluding hydrogens is 346 g/mol. The van der Waals surface area contributed by atoms with E-state index in [4.69, 9.17) is 9.72 Å². The first-order chi connectivity index (χ1) is 12.7. The topological polar surface area (TPSA) is 48.6 Å². The fourth-order valence-electron chi connectivity index (χ4n) is 3.78. The number of hydrogen-bond acceptors (Lipinski definition) is 4. The predicted octanol–water partition coefficient (Wildman–Crippen LogP) is 1.90. The van der Waals surface area contributed by atoms with Gasteiger partial charge < -0.3 is 9.64 Å². The molecule has 0 spiro atoms. The number of nitrogens with zero attached hydrogens (tertiary/aromatic N) is 2. The Morgan fingerprint density at radius 1 is 1.23 bits per heavy atom. The van der Waals surface area contributed by atoms with Gasteiger partial charge in [0, 0.05) is 12.0 Å². The van der Waals surface area contributed by atoms with Gasteiger partial charge in [-0.2, -0.15) is 0 Å². The van der Waals surface area contributed by atoms with Crippen LogP contribution in [0, 0.1) is 0 Å². The van der Waals surface area contributed by atoms with Crippen molar-refractivity contribution >= 4 is 28.8 Å². The molecular formula is C20H22N3O2S+. The van der Waals surface area contributed by atoms with E-state index in [0.717, 1.165) is 22.7 Å². The zero-order chi connectivity index (χ0) is 18.1. The van der Waals surface area contributed by atoms with Crippen LogP contribution in [-0.2, 0) is 29.2 Å². The third kappa shape index (κ3) is 2.99. The Morgan fingerprint density at radius 2 is 1.96 bits per heavy atom. The Balaban J connectivity index is 1.73. The second-order valence-corrected chi connectivity index (χ2v) is 7.33. The summed E-state index contributed by atoms with van der Waals surface area (Å²) in [5.74, 6) is -0.148. The molecule has 1 aromatic heterocycles. The van der Waals surface area contributed by atoms with Crippen LogP contribution in [0.1, 0.15) is 11.1 Å². The van der Waals surface area contributed by atoms with Gasteiger partial charge in [0.25, 0.3) is 0 Å². The highest BCUT2D eigenvalue weighted by molar-refractivity contribution is 7.98. The van der Waals surface area contributed by atoms with Crippen molar-refractivity contribution in [1.29, 1.82) is 0 Å². The highest BCUT2D eigenvalue weighted by Gasteiger charge is 2.36. The second kappa shape index (κ2) is 7.13. The Kier molecular flexibility index (Phi) is 4.70. The lowest BCUT2D eigenvalue weighted by molar-refractivity contribution is -0.954. The van der Waals surface area contributed by atoms with Gasteiger partial charge in [-0.15, -0.1) is 0 Å². The number of thioether (sulfide) groups is 1. The summed E-state index contributed by atoms with van der Waals surface area (Å²) in [4.78, 5) is 18.4. The average Bonchev–Trinajstić information content (AvgIpc) is 3.04. The Hall–Kier alpha value is -2.31. The zero-order valence-electron chi connectivity index (χ0n) is 14.9. The van der Waals surface area contributed by atoms with Crippen LogP contribution in [-0.4, -0.2) is 34.9 Å². The molecule has 0 amide bonds. The molecule has 0 fully saturated rings. The maximum atomic E-state index is 12.5. The second-order valence-electron chi connectivity index (χ2n) is 6.56. The van der Waals surface area contributed by atoms with Crippen LogP contribution in [0.5, 0.6) is 0 Å². The van der Waals surface area contributed by atoms with Crippen molar-refractivity contribution in [2.75, 3.05) is 13.4 Å². The zero-order valence-corrected chi connectivity index (χ0v) is 15.8. The van der Waals surface area contributed by atoms with Gasteiger partial charge in [0.15, 0.2) is 17.9 Å². The van der Waals surface area contributed by atoms with Gasteiger partial charge in [-0.3, -0.25) is 4.57 Å². The average molecular weight is 368 g/mol. The summed E-state index contributed by atoms with van der Waals surface area (Å²) in [6.45, 7) is 1.49. The quantitative estimate of drug-likeness (QED) is 0.564. The smallest absolute Gasteiger partial charge is 0.365 e. The van der Waals surface area contributed by atoms with Gasteiger partial charge in [-0.25, -0.2) is 9.78 Å². The first-order valence-electron chi connectivity index (χ1n) is 8.69. The number of carbonyl (C=O) groups excluding carboxylic acids is 1. The number of para-hydroxylation sites is 2. The van der Waals surface area contributed by atoms with Crippen molar-refractivity contribution in [1.82, 2.24) is 9.55 Å². The number of aromatic nitrogens is 2. The van der Waals surface area contributed by atoms with Crippen molar-refractivity contribution < 1.29 is 14.4 Å². The normalized spacial score (nSPS) is 19.3. The number of benzene rings is 2. The van der Waals surface area contributed by atoms with Crippen LogP contribution in [0.4, 0.5) is 0 Å². The number of quaternary nitrogens is 1. The number of carbonyl (C=O) groups is 1. The summed E-state index contributed by atoms with van der Waals surface area (Å²) >= 11 is 1.63. The molecule has 0 radical (unpaired) electrons. The summed E-state index contributed by atoms with van der Waals surface area (Å²) in [5.41, 5.74) is 4.64. The van der Waals surface area contributed by atoms with E-state index in [2.05, 4.69) is 28.8 Å². The van der Waals surface area contributed by atoms with Crippen LogP contribution in [0.2, 0.25) is 0 Å². The fraction of sp³-hybridized carbons (Fsp3) is 0.300. The summed E-state index contributed by atoms with van der Waals surface area (Å²) in [7, 11) is 1.47. The summed E-state index contributed by atoms with van der Waals surface area (Å²) in [6, 6.07) is 16.3. The third-order valence-electron chi connectivity index (χ3n) is 5.10. The molecule has 1 aliphatic heterocycles. The molecule has 26 heavy (non-hydrogen) atoms. The lowest BCUT2D eigenvalue weighted by Gasteiger charge is -2.32. The summed E-state index contributed by atoms with van der Waals surface area (Å²) < 4.78 is 7.33. The van der Waals surface area contributed by atoms with Crippen molar-refractivity contribution in [2.45, 2.75) is 30.8 Å². The van der Waals surface area contributed by atoms with Crippen LogP contribution in [0.15, 0.2) is 53.7 Å². The van der Waals surface area contributed by atoms with E-state index in [1.54, 1.807) is 11.8 Å². The van der Waals surface area contributed by atoms with E-state index < -0.39 is 0 Å². The number of hydrogen-bond donors (Lipinski definition) is 1. The van der Waals surface area contributed by atoms with Crippen LogP contribution < -0.4 is 4.90 Å². The summed E-state index contributed by atoms with van der Waals surface area (Å²) in [6.07, 6.45) is 2.75. The van der Waals surface area contributed by atoms with E-state index in [9.17, 15) is 4.79 Å². The Bertz CT molecular complexity index is 953. The number of imidazole rings is 1. The molecule has 2 atom stereocenters. The maximum Gasteiger partial charge on any atom is 0.365 e. The van der Waals surface area contributed by atoms with Crippen molar-refractivity contribution in [3.05, 3.63) is 59.7 Å². The van der Waals surface area contributed by atoms with Crippen LogP contribution in [0.25, 0.3) is 11.0 Å². The molecule has 1 aliphatic rings. The monoisotopic (exact) mass is 368 g/mol. The highest BCUT2D eigenvalue weighted by Crippen LogP contribution is 2.22. The Morgan fingerprint density at radius 3 is 2.73 bits per heavy atom. The van der Waals surface area contributed by atoms with Crippen molar-refractivity contribution in [2.24, 2.45) is 0 Å². The molecule has 0 saturated carbocycles. The first-order valence-corrected chi connectivity index (χ1v) is 9.92. The van der Waals surface area contributed by atoms with E-state index in [1.165, 1.54) is 23.1 Å². The van der Waals surface area contributed by atoms with Crippen molar-refractivity contribution in [3.8, 4) is 0 Å². The van der Waals surface area contributed by atoms with Crippen molar-refractivity contribution in [3.63, 3.8) is 0 Å². The predicted molar refractivity (Wildman–Crippen MR) is 102 cm³/mol. The van der Waals surface area contributed by atoms with E-state index >= 15 is 0 Å². The SMILES string of the molecule is COC(=O)[C@H]1Cc2ccccc2C[NH+]1Cn1c(SC)nc2ccccc21. The molecule has 0 aliphatic carbocycles. The molecule has 5 nitrogen and oxygen atoms in total. The largest absolute Gasteiger partial charge is 0.465 e. The van der Waals surface area contributed by atoms with E-state index in [1.807, 2.05) is 30.5 Å². The Labute approximate surface area is 157 Å². The molecule has 3 aromatic rings. The minimum Gasteiger partial charge on any atom is -0.465 e. The fourth-order valence-corrected chi connectivity index (χ4v) is 4.36.